The second-order valence-corrected chi connectivity index (χ2v) is 5.93. The van der Waals surface area contributed by atoms with Crippen molar-refractivity contribution in [3.63, 3.8) is 0 Å². The van der Waals surface area contributed by atoms with Gasteiger partial charge in [-0.05, 0) is 57.4 Å². The van der Waals surface area contributed by atoms with Gasteiger partial charge in [-0.1, -0.05) is 12.1 Å². The summed E-state index contributed by atoms with van der Waals surface area (Å²) >= 11 is 0. The number of benzene rings is 1. The van der Waals surface area contributed by atoms with E-state index in [1.54, 1.807) is 0 Å². The molecule has 2 atom stereocenters. The van der Waals surface area contributed by atoms with Crippen molar-refractivity contribution in [2.45, 2.75) is 45.9 Å². The van der Waals surface area contributed by atoms with Crippen LogP contribution in [0, 0.1) is 5.92 Å². The number of hydrogen-bond acceptors (Lipinski definition) is 3. The maximum Gasteiger partial charge on any atom is 0.120 e. The number of likely N-dealkylation sites (tertiary alicyclic amines) is 1. The molecule has 20 heavy (non-hydrogen) atoms. The third kappa shape index (κ3) is 4.65. The minimum atomic E-state index is 0. The smallest absolute Gasteiger partial charge is 0.120 e. The van der Waals surface area contributed by atoms with E-state index in [4.69, 9.17) is 10.5 Å². The van der Waals surface area contributed by atoms with Gasteiger partial charge in [0, 0.05) is 19.1 Å². The zero-order valence-corrected chi connectivity index (χ0v) is 13.5. The largest absolute Gasteiger partial charge is 0.491 e. The topological polar surface area (TPSA) is 38.5 Å². The maximum absolute atomic E-state index is 5.78. The molecular weight excluding hydrogens is 272 g/mol. The molecule has 0 aromatic heterocycles. The highest BCUT2D eigenvalue weighted by molar-refractivity contribution is 5.85. The van der Waals surface area contributed by atoms with Gasteiger partial charge in [0.25, 0.3) is 0 Å². The summed E-state index contributed by atoms with van der Waals surface area (Å²) in [6.45, 7) is 9.32. The Kier molecular flexibility index (Phi) is 6.80. The molecule has 114 valence electrons. The van der Waals surface area contributed by atoms with Crippen molar-refractivity contribution >= 4 is 12.4 Å². The fourth-order valence-corrected chi connectivity index (χ4v) is 2.83. The first kappa shape index (κ1) is 17.3. The van der Waals surface area contributed by atoms with E-state index in [9.17, 15) is 0 Å². The predicted octanol–water partition coefficient (Wildman–Crippen LogP) is 3.06. The van der Waals surface area contributed by atoms with Gasteiger partial charge in [-0.2, -0.15) is 0 Å². The van der Waals surface area contributed by atoms with E-state index < -0.39 is 0 Å². The van der Waals surface area contributed by atoms with Crippen LogP contribution in [0.2, 0.25) is 0 Å². The summed E-state index contributed by atoms with van der Waals surface area (Å²) in [4.78, 5) is 2.52. The highest BCUT2D eigenvalue weighted by atomic mass is 35.5. The van der Waals surface area contributed by atoms with Crippen LogP contribution in [-0.4, -0.2) is 30.1 Å². The van der Waals surface area contributed by atoms with E-state index in [0.717, 1.165) is 25.4 Å². The summed E-state index contributed by atoms with van der Waals surface area (Å²) in [6, 6.07) is 9.06. The molecule has 0 bridgehead atoms. The molecule has 1 saturated heterocycles. The van der Waals surface area contributed by atoms with Crippen LogP contribution in [-0.2, 0) is 6.54 Å². The lowest BCUT2D eigenvalue weighted by Gasteiger charge is -2.21. The van der Waals surface area contributed by atoms with E-state index in [2.05, 4.69) is 43.9 Å². The Balaban J connectivity index is 0.00000200. The molecule has 2 rings (SSSR count). The lowest BCUT2D eigenvalue weighted by atomic mass is 10.1. The minimum absolute atomic E-state index is 0. The number of ether oxygens (including phenoxy) is 1. The summed E-state index contributed by atoms with van der Waals surface area (Å²) in [5, 5.41) is 0. The fraction of sp³-hybridized carbons (Fsp3) is 0.625. The van der Waals surface area contributed by atoms with Crippen LogP contribution in [0.1, 0.15) is 32.8 Å². The highest BCUT2D eigenvalue weighted by Gasteiger charge is 2.27. The van der Waals surface area contributed by atoms with Crippen molar-refractivity contribution in [1.82, 2.24) is 4.90 Å². The molecule has 1 fully saturated rings. The van der Waals surface area contributed by atoms with Gasteiger partial charge in [-0.3, -0.25) is 4.90 Å². The Morgan fingerprint density at radius 3 is 2.75 bits per heavy atom. The monoisotopic (exact) mass is 298 g/mol. The van der Waals surface area contributed by atoms with Crippen molar-refractivity contribution in [2.24, 2.45) is 11.7 Å². The molecule has 1 aromatic rings. The third-order valence-corrected chi connectivity index (χ3v) is 3.78. The van der Waals surface area contributed by atoms with E-state index in [1.807, 2.05) is 6.07 Å². The van der Waals surface area contributed by atoms with Gasteiger partial charge in [-0.15, -0.1) is 12.4 Å². The van der Waals surface area contributed by atoms with Crippen molar-refractivity contribution in [1.29, 1.82) is 0 Å². The van der Waals surface area contributed by atoms with Gasteiger partial charge < -0.3 is 10.5 Å². The summed E-state index contributed by atoms with van der Waals surface area (Å²) in [7, 11) is 0. The third-order valence-electron chi connectivity index (χ3n) is 3.78. The summed E-state index contributed by atoms with van der Waals surface area (Å²) in [5.74, 6) is 1.62. The fourth-order valence-electron chi connectivity index (χ4n) is 2.83. The van der Waals surface area contributed by atoms with Crippen LogP contribution in [0.25, 0.3) is 0 Å². The first-order valence-electron chi connectivity index (χ1n) is 7.28. The quantitative estimate of drug-likeness (QED) is 0.908. The van der Waals surface area contributed by atoms with Crippen molar-refractivity contribution in [3.05, 3.63) is 29.8 Å². The van der Waals surface area contributed by atoms with Crippen LogP contribution in [0.5, 0.6) is 5.75 Å². The number of rotatable bonds is 5. The predicted molar refractivity (Wildman–Crippen MR) is 86.5 cm³/mol. The number of nitrogens with zero attached hydrogens (tertiary/aromatic N) is 1. The van der Waals surface area contributed by atoms with E-state index in [-0.39, 0.29) is 18.5 Å². The Labute approximate surface area is 128 Å². The second kappa shape index (κ2) is 7.87. The average molecular weight is 299 g/mol. The zero-order chi connectivity index (χ0) is 13.8. The first-order chi connectivity index (χ1) is 9.08. The van der Waals surface area contributed by atoms with Gasteiger partial charge in [0.1, 0.15) is 5.75 Å². The molecule has 1 heterocycles. The molecule has 4 heteroatoms. The van der Waals surface area contributed by atoms with Crippen LogP contribution in [0.4, 0.5) is 0 Å². The standard InChI is InChI=1S/C16H26N2O.ClH/c1-12(2)19-16-6-4-5-14(8-16)10-18-11-15(9-17)7-13(18)3;/h4-6,8,12-13,15H,7,9-11,17H2,1-3H3;1H. The molecule has 0 aliphatic carbocycles. The van der Waals surface area contributed by atoms with Gasteiger partial charge >= 0.3 is 0 Å². The van der Waals surface area contributed by atoms with Crippen molar-refractivity contribution < 1.29 is 4.74 Å². The Hall–Kier alpha value is -0.770. The first-order valence-corrected chi connectivity index (χ1v) is 7.28. The minimum Gasteiger partial charge on any atom is -0.491 e. The highest BCUT2D eigenvalue weighted by Crippen LogP contribution is 2.25. The van der Waals surface area contributed by atoms with Gasteiger partial charge in [0.05, 0.1) is 6.10 Å². The Morgan fingerprint density at radius 1 is 1.40 bits per heavy atom. The average Bonchev–Trinajstić information content (AvgIpc) is 2.70. The zero-order valence-electron chi connectivity index (χ0n) is 12.7. The van der Waals surface area contributed by atoms with Crippen LogP contribution in [0.15, 0.2) is 24.3 Å². The normalized spacial score (nSPS) is 22.9. The Bertz CT molecular complexity index is 411. The molecule has 3 nitrogen and oxygen atoms in total. The van der Waals surface area contributed by atoms with E-state index >= 15 is 0 Å². The van der Waals surface area contributed by atoms with Crippen LogP contribution >= 0.6 is 12.4 Å². The van der Waals surface area contributed by atoms with E-state index in [0.29, 0.717) is 12.0 Å². The number of nitrogens with two attached hydrogens (primary N) is 1. The lowest BCUT2D eigenvalue weighted by Crippen LogP contribution is -2.27. The molecule has 2 N–H and O–H groups in total. The molecule has 0 spiro atoms. The number of hydrogen-bond donors (Lipinski definition) is 1. The molecule has 1 aliphatic heterocycles. The molecule has 0 saturated carbocycles. The summed E-state index contributed by atoms with van der Waals surface area (Å²) < 4.78 is 5.75. The van der Waals surface area contributed by atoms with Crippen molar-refractivity contribution in [2.75, 3.05) is 13.1 Å². The molecule has 0 amide bonds. The molecule has 1 aromatic carbocycles. The van der Waals surface area contributed by atoms with Gasteiger partial charge in [0.2, 0.25) is 0 Å². The summed E-state index contributed by atoms with van der Waals surface area (Å²) in [5.41, 5.74) is 7.11. The summed E-state index contributed by atoms with van der Waals surface area (Å²) in [6.07, 6.45) is 1.45. The molecular formula is C16H27ClN2O. The lowest BCUT2D eigenvalue weighted by molar-refractivity contribution is 0.239. The molecule has 0 radical (unpaired) electrons. The maximum atomic E-state index is 5.78. The van der Waals surface area contributed by atoms with Crippen LogP contribution < -0.4 is 10.5 Å². The van der Waals surface area contributed by atoms with Crippen LogP contribution in [0.3, 0.4) is 0 Å². The molecule has 1 aliphatic rings. The van der Waals surface area contributed by atoms with Gasteiger partial charge in [-0.25, -0.2) is 0 Å². The van der Waals surface area contributed by atoms with Crippen molar-refractivity contribution in [3.8, 4) is 5.75 Å². The number of halogens is 1. The van der Waals surface area contributed by atoms with Gasteiger partial charge in [0.15, 0.2) is 0 Å². The Morgan fingerprint density at radius 2 is 2.15 bits per heavy atom. The van der Waals surface area contributed by atoms with E-state index in [1.165, 1.54) is 12.0 Å². The SMILES string of the molecule is CC(C)Oc1cccc(CN2CC(CN)CC2C)c1.Cl. The molecule has 2 unspecified atom stereocenters. The second-order valence-electron chi connectivity index (χ2n) is 5.93.